The van der Waals surface area contributed by atoms with Gasteiger partial charge in [0.2, 0.25) is 11.8 Å². The van der Waals surface area contributed by atoms with Crippen molar-refractivity contribution >= 4 is 47.0 Å². The summed E-state index contributed by atoms with van der Waals surface area (Å²) in [7, 11) is 1.47. The summed E-state index contributed by atoms with van der Waals surface area (Å²) >= 11 is 0. The molecular weight excluding hydrogens is 857 g/mol. The van der Waals surface area contributed by atoms with E-state index in [1.807, 2.05) is 115 Å². The van der Waals surface area contributed by atoms with Crippen LogP contribution in [0.1, 0.15) is 105 Å². The summed E-state index contributed by atoms with van der Waals surface area (Å²) in [6.45, 7) is 20.3. The highest BCUT2D eigenvalue weighted by Crippen LogP contribution is 2.32. The van der Waals surface area contributed by atoms with Gasteiger partial charge < -0.3 is 34.5 Å². The zero-order chi connectivity index (χ0) is 49.4. The second-order valence-corrected chi connectivity index (χ2v) is 20.4. The number of hydrogen-bond donors (Lipinski definition) is 3. The Morgan fingerprint density at radius 1 is 0.866 bits per heavy atom. The van der Waals surface area contributed by atoms with Crippen LogP contribution in [0.4, 0.5) is 4.79 Å². The molecule has 17 heteroatoms. The number of likely N-dealkylation sites (N-methyl/N-ethyl adjacent to an activating group) is 1. The van der Waals surface area contributed by atoms with E-state index in [1.165, 1.54) is 11.9 Å². The van der Waals surface area contributed by atoms with Crippen molar-refractivity contribution in [2.75, 3.05) is 13.6 Å². The number of carbonyl (C=O) groups excluding carboxylic acids is 5. The van der Waals surface area contributed by atoms with Crippen molar-refractivity contribution in [3.63, 3.8) is 0 Å². The maximum Gasteiger partial charge on any atom is 0.410 e. The van der Waals surface area contributed by atoms with Gasteiger partial charge in [-0.25, -0.2) is 9.48 Å². The van der Waals surface area contributed by atoms with Gasteiger partial charge in [0.1, 0.15) is 47.2 Å². The topological polar surface area (TPSA) is 207 Å². The van der Waals surface area contributed by atoms with Crippen LogP contribution in [0.2, 0.25) is 0 Å². The predicted octanol–water partition coefficient (Wildman–Crippen LogP) is 6.77. The van der Waals surface area contributed by atoms with Crippen LogP contribution in [0.25, 0.3) is 10.8 Å². The van der Waals surface area contributed by atoms with E-state index in [2.05, 4.69) is 20.9 Å². The first-order chi connectivity index (χ1) is 31.3. The standard InChI is InChI=1S/C50H68N8O9/c1-31(46(62)66-49(6,7)8)23-33-18-21-39(22-19-33)64-29-37-27-58(55-54-37)38-26-40(45(61)52-41(65-30-59)25-34-17-20-35-15-13-14-16-36(35)24-34)57(28-38)43(51)42(48(3,4)5)53-44(60)32(2)56(12)47(63)67-50(9,10)11/h13-22,24,27,30-32,38,40-42,51H,23,25-26,28-29H2,1-12H3,(H,52,61)(H,53,60)/t31-,32-,38-,40-,41+,42+/m0/s1. The maximum atomic E-state index is 14.5. The lowest BCUT2D eigenvalue weighted by atomic mass is 9.85. The number of ether oxygens (including phenoxy) is 4. The van der Waals surface area contributed by atoms with Crippen molar-refractivity contribution in [3.05, 3.63) is 89.7 Å². The molecule has 1 aromatic heterocycles. The van der Waals surface area contributed by atoms with E-state index in [0.717, 1.165) is 21.9 Å². The first-order valence-electron chi connectivity index (χ1n) is 22.7. The number of nitrogens with zero attached hydrogens (tertiary/aromatic N) is 5. The van der Waals surface area contributed by atoms with E-state index in [0.29, 0.717) is 24.3 Å². The summed E-state index contributed by atoms with van der Waals surface area (Å²) in [5, 5.41) is 26.4. The number of likely N-dealkylation sites (tertiary alicyclic amines) is 1. The van der Waals surface area contributed by atoms with E-state index in [9.17, 15) is 29.4 Å². The number of rotatable bonds is 17. The molecule has 1 aliphatic rings. The van der Waals surface area contributed by atoms with Gasteiger partial charge in [-0.1, -0.05) is 87.5 Å². The zero-order valence-corrected chi connectivity index (χ0v) is 40.9. The molecule has 0 bridgehead atoms. The van der Waals surface area contributed by atoms with Crippen molar-refractivity contribution in [2.45, 2.75) is 144 Å². The van der Waals surface area contributed by atoms with Crippen LogP contribution in [0, 0.1) is 16.7 Å². The fraction of sp³-hybridized carbons (Fsp3) is 0.520. The minimum absolute atomic E-state index is 0.0365. The normalized spacial score (nSPS) is 17.1. The summed E-state index contributed by atoms with van der Waals surface area (Å²) in [6, 6.07) is 17.9. The highest BCUT2D eigenvalue weighted by atomic mass is 16.6. The minimum atomic E-state index is -1.03. The molecular formula is C50H68N8O9. The molecule has 362 valence electrons. The molecule has 1 aliphatic heterocycles. The molecule has 4 aromatic rings. The second-order valence-electron chi connectivity index (χ2n) is 20.4. The fourth-order valence-corrected chi connectivity index (χ4v) is 7.62. The molecule has 0 spiro atoms. The van der Waals surface area contributed by atoms with Crippen molar-refractivity contribution in [2.24, 2.45) is 11.3 Å². The number of benzene rings is 3. The highest BCUT2D eigenvalue weighted by molar-refractivity contribution is 5.96. The van der Waals surface area contributed by atoms with Gasteiger partial charge in [0, 0.05) is 26.4 Å². The molecule has 0 aliphatic carbocycles. The summed E-state index contributed by atoms with van der Waals surface area (Å²) < 4.78 is 24.1. The Bertz CT molecular complexity index is 2380. The van der Waals surface area contributed by atoms with Gasteiger partial charge >= 0.3 is 12.1 Å². The molecule has 1 saturated heterocycles. The van der Waals surface area contributed by atoms with Gasteiger partial charge in [-0.05, 0) is 94.3 Å². The zero-order valence-electron chi connectivity index (χ0n) is 40.9. The highest BCUT2D eigenvalue weighted by Gasteiger charge is 2.45. The lowest BCUT2D eigenvalue weighted by Crippen LogP contribution is -2.60. The van der Waals surface area contributed by atoms with Crippen LogP contribution in [-0.4, -0.2) is 110 Å². The number of nitrogens with one attached hydrogen (secondary N) is 3. The molecule has 0 saturated carbocycles. The number of aromatic nitrogens is 3. The van der Waals surface area contributed by atoms with Crippen LogP contribution < -0.4 is 15.4 Å². The van der Waals surface area contributed by atoms with E-state index in [1.54, 1.807) is 43.5 Å². The molecule has 5 rings (SSSR count). The number of hydrogen-bond acceptors (Lipinski definition) is 12. The third-order valence-corrected chi connectivity index (χ3v) is 11.3. The third kappa shape index (κ3) is 14.5. The third-order valence-electron chi connectivity index (χ3n) is 11.3. The van der Waals surface area contributed by atoms with Crippen molar-refractivity contribution < 1.29 is 42.9 Å². The number of amides is 3. The smallest absolute Gasteiger partial charge is 0.410 e. The Labute approximate surface area is 393 Å². The first-order valence-corrected chi connectivity index (χ1v) is 22.7. The summed E-state index contributed by atoms with van der Waals surface area (Å²) in [5.74, 6) is -1.03. The average Bonchev–Trinajstić information content (AvgIpc) is 3.91. The van der Waals surface area contributed by atoms with E-state index >= 15 is 0 Å². The molecule has 3 N–H and O–H groups in total. The Balaban J connectivity index is 1.34. The molecule has 1 fully saturated rings. The van der Waals surface area contributed by atoms with Crippen molar-refractivity contribution in [1.29, 1.82) is 5.41 Å². The lowest BCUT2D eigenvalue weighted by molar-refractivity contribution is -0.159. The molecule has 17 nitrogen and oxygen atoms in total. The number of fused-ring (bicyclic) bond motifs is 1. The van der Waals surface area contributed by atoms with E-state index in [-0.39, 0.29) is 43.7 Å². The molecule has 3 aromatic carbocycles. The van der Waals surface area contributed by atoms with E-state index < -0.39 is 64.9 Å². The van der Waals surface area contributed by atoms with Crippen molar-refractivity contribution in [3.8, 4) is 5.75 Å². The first kappa shape index (κ1) is 51.5. The fourth-order valence-electron chi connectivity index (χ4n) is 7.62. The van der Waals surface area contributed by atoms with Crippen LogP contribution in [0.5, 0.6) is 5.75 Å². The average molecular weight is 925 g/mol. The van der Waals surface area contributed by atoms with Gasteiger partial charge in [-0.15, -0.1) is 5.10 Å². The molecule has 0 radical (unpaired) electrons. The molecule has 0 unspecified atom stereocenters. The Morgan fingerprint density at radius 3 is 2.13 bits per heavy atom. The summed E-state index contributed by atoms with van der Waals surface area (Å²) in [4.78, 5) is 68.3. The van der Waals surface area contributed by atoms with Crippen LogP contribution >= 0.6 is 0 Å². The molecule has 67 heavy (non-hydrogen) atoms. The Kier molecular flexibility index (Phi) is 16.4. The minimum Gasteiger partial charge on any atom is -0.487 e. The quantitative estimate of drug-likeness (QED) is 0.0251. The van der Waals surface area contributed by atoms with Gasteiger partial charge in [0.15, 0.2) is 6.23 Å². The van der Waals surface area contributed by atoms with Crippen LogP contribution in [0.3, 0.4) is 0 Å². The molecule has 6 atom stereocenters. The molecule has 3 amide bonds. The predicted molar refractivity (Wildman–Crippen MR) is 253 cm³/mol. The lowest BCUT2D eigenvalue weighted by Gasteiger charge is -2.39. The SMILES string of the molecule is C[C@@H](Cc1ccc(OCc2cn([C@H]3C[C@@H](C(=O)N[C@@H](Cc4ccc5ccccc5c4)OC=O)N(C(=N)[C@@H](NC(=O)[C@H](C)N(C)C(=O)OC(C)(C)C)C(C)(C)C)C3)nn2)cc1)C(=O)OC(C)(C)C. The van der Waals surface area contributed by atoms with Crippen LogP contribution in [0.15, 0.2) is 72.9 Å². The maximum absolute atomic E-state index is 14.5. The number of amidine groups is 1. The number of carbonyl (C=O) groups is 5. The molecule has 2 heterocycles. The summed E-state index contributed by atoms with van der Waals surface area (Å²) in [6.07, 6.45) is 0.923. The Morgan fingerprint density at radius 2 is 1.51 bits per heavy atom. The van der Waals surface area contributed by atoms with Crippen molar-refractivity contribution in [1.82, 2.24) is 35.4 Å². The van der Waals surface area contributed by atoms with Gasteiger partial charge in [0.25, 0.3) is 6.47 Å². The summed E-state index contributed by atoms with van der Waals surface area (Å²) in [5.41, 5.74) is 0.244. The largest absolute Gasteiger partial charge is 0.487 e. The number of esters is 1. The van der Waals surface area contributed by atoms with Crippen LogP contribution in [-0.2, 0) is 52.8 Å². The Hall–Kier alpha value is -6.52. The van der Waals surface area contributed by atoms with E-state index in [4.69, 9.17) is 18.9 Å². The van der Waals surface area contributed by atoms with Gasteiger partial charge in [0.05, 0.1) is 24.2 Å². The van der Waals surface area contributed by atoms with Gasteiger partial charge in [-0.3, -0.25) is 29.5 Å². The second kappa shape index (κ2) is 21.4. The van der Waals surface area contributed by atoms with Gasteiger partial charge in [-0.2, -0.15) is 0 Å². The monoisotopic (exact) mass is 925 g/mol.